The Kier molecular flexibility index (Phi) is 4.30. The zero-order valence-electron chi connectivity index (χ0n) is 14.2. The van der Waals surface area contributed by atoms with Gasteiger partial charge in [-0.1, -0.05) is 48.5 Å². The number of nitrogens with zero attached hydrogens (tertiary/aromatic N) is 1. The van der Waals surface area contributed by atoms with Gasteiger partial charge < -0.3 is 9.47 Å². The first-order valence-corrected chi connectivity index (χ1v) is 8.39. The van der Waals surface area contributed by atoms with Crippen LogP contribution in [0.3, 0.4) is 0 Å². The van der Waals surface area contributed by atoms with Crippen LogP contribution in [0.2, 0.25) is 0 Å². The number of carbonyl (C=O) groups is 1. The van der Waals surface area contributed by atoms with Gasteiger partial charge in [-0.25, -0.2) is 0 Å². The van der Waals surface area contributed by atoms with Gasteiger partial charge in [-0.2, -0.15) is 0 Å². The molecular formula is C21H15NO5. The molecular weight excluding hydrogens is 346 g/mol. The molecule has 0 radical (unpaired) electrons. The van der Waals surface area contributed by atoms with Crippen LogP contribution < -0.4 is 4.74 Å². The highest BCUT2D eigenvalue weighted by Gasteiger charge is 2.33. The molecule has 0 saturated carbocycles. The monoisotopic (exact) mass is 361 g/mol. The van der Waals surface area contributed by atoms with Crippen LogP contribution in [0.4, 0.5) is 5.69 Å². The molecule has 0 fully saturated rings. The van der Waals surface area contributed by atoms with E-state index < -0.39 is 16.8 Å². The number of fused-ring (bicyclic) bond motifs is 2. The molecule has 0 N–H and O–H groups in total. The molecule has 0 spiro atoms. The van der Waals surface area contributed by atoms with Crippen LogP contribution in [0.5, 0.6) is 11.5 Å². The lowest BCUT2D eigenvalue weighted by Gasteiger charge is -2.26. The van der Waals surface area contributed by atoms with Crippen LogP contribution in [-0.4, -0.2) is 10.9 Å². The summed E-state index contributed by atoms with van der Waals surface area (Å²) in [5.74, 6) is 0.205. The fourth-order valence-electron chi connectivity index (χ4n) is 3.16. The van der Waals surface area contributed by atoms with E-state index in [1.54, 1.807) is 12.1 Å². The van der Waals surface area contributed by atoms with E-state index in [1.807, 2.05) is 48.5 Å². The second-order valence-corrected chi connectivity index (χ2v) is 6.15. The molecule has 1 aliphatic rings. The number of ether oxygens (including phenoxy) is 2. The van der Waals surface area contributed by atoms with Gasteiger partial charge in [-0.05, 0) is 17.7 Å². The quantitative estimate of drug-likeness (QED) is 0.386. The molecule has 6 nitrogen and oxygen atoms in total. The predicted octanol–water partition coefficient (Wildman–Crippen LogP) is 4.58. The first-order chi connectivity index (χ1) is 13.1. The average Bonchev–Trinajstić information content (AvgIpc) is 2.70. The van der Waals surface area contributed by atoms with Crippen LogP contribution in [-0.2, 0) is 16.1 Å². The third-order valence-electron chi connectivity index (χ3n) is 4.42. The van der Waals surface area contributed by atoms with E-state index in [2.05, 4.69) is 0 Å². The Bertz CT molecular complexity index is 985. The van der Waals surface area contributed by atoms with Crippen LogP contribution in [0.1, 0.15) is 22.6 Å². The summed E-state index contributed by atoms with van der Waals surface area (Å²) in [5.41, 5.74) is 2.00. The first kappa shape index (κ1) is 16.8. The summed E-state index contributed by atoms with van der Waals surface area (Å²) in [6.45, 7) is -0.0395. The van der Waals surface area contributed by atoms with Crippen molar-refractivity contribution in [3.8, 4) is 11.5 Å². The Morgan fingerprint density at radius 3 is 2.22 bits per heavy atom. The van der Waals surface area contributed by atoms with Gasteiger partial charge in [-0.3, -0.25) is 14.9 Å². The van der Waals surface area contributed by atoms with Crippen molar-refractivity contribution < 1.29 is 19.2 Å². The maximum absolute atomic E-state index is 12.9. The van der Waals surface area contributed by atoms with E-state index >= 15 is 0 Å². The molecule has 0 atom stereocenters. The topological polar surface area (TPSA) is 78.7 Å². The van der Waals surface area contributed by atoms with Crippen LogP contribution in [0.25, 0.3) is 0 Å². The number of para-hydroxylation sites is 2. The van der Waals surface area contributed by atoms with Gasteiger partial charge in [0.25, 0.3) is 5.69 Å². The molecule has 27 heavy (non-hydrogen) atoms. The van der Waals surface area contributed by atoms with Crippen molar-refractivity contribution in [1.82, 2.24) is 0 Å². The number of esters is 1. The van der Waals surface area contributed by atoms with Gasteiger partial charge >= 0.3 is 5.97 Å². The molecule has 6 heteroatoms. The van der Waals surface area contributed by atoms with E-state index in [4.69, 9.17) is 9.47 Å². The molecule has 3 aromatic rings. The highest BCUT2D eigenvalue weighted by atomic mass is 16.6. The zero-order chi connectivity index (χ0) is 18.8. The molecule has 0 unspecified atom stereocenters. The minimum Gasteiger partial charge on any atom is -0.460 e. The Morgan fingerprint density at radius 2 is 1.59 bits per heavy atom. The van der Waals surface area contributed by atoms with E-state index in [-0.39, 0.29) is 12.3 Å². The van der Waals surface area contributed by atoms with Crippen LogP contribution in [0, 0.1) is 10.1 Å². The van der Waals surface area contributed by atoms with Crippen LogP contribution >= 0.6 is 0 Å². The minimum atomic E-state index is -0.607. The largest absolute Gasteiger partial charge is 0.460 e. The van der Waals surface area contributed by atoms with Crippen LogP contribution in [0.15, 0.2) is 72.8 Å². The molecule has 0 aromatic heterocycles. The molecule has 0 amide bonds. The molecule has 134 valence electrons. The number of carbonyl (C=O) groups excluding carboxylic acids is 1. The summed E-state index contributed by atoms with van der Waals surface area (Å²) in [6, 6.07) is 20.7. The Hall–Kier alpha value is -3.67. The lowest BCUT2D eigenvalue weighted by molar-refractivity contribution is -0.384. The van der Waals surface area contributed by atoms with E-state index in [0.29, 0.717) is 17.1 Å². The second kappa shape index (κ2) is 6.92. The predicted molar refractivity (Wildman–Crippen MR) is 97.7 cm³/mol. The number of nitro groups is 1. The normalized spacial score (nSPS) is 12.4. The fourth-order valence-corrected chi connectivity index (χ4v) is 3.16. The number of hydrogen-bond donors (Lipinski definition) is 0. The summed E-state index contributed by atoms with van der Waals surface area (Å²) in [7, 11) is 0. The fraction of sp³-hybridized carbons (Fsp3) is 0.0952. The zero-order valence-corrected chi connectivity index (χ0v) is 14.2. The van der Waals surface area contributed by atoms with Crippen molar-refractivity contribution in [3.05, 3.63) is 99.6 Å². The Balaban J connectivity index is 1.61. The standard InChI is InChI=1S/C21H15NO5/c23-21(26-13-14-6-5-7-15(12-14)22(24)25)20-16-8-1-3-10-18(16)27-19-11-4-2-9-17(19)20/h1-12,20H,13H2. The number of non-ortho nitro benzene ring substituents is 1. The molecule has 3 aromatic carbocycles. The summed E-state index contributed by atoms with van der Waals surface area (Å²) in [5, 5.41) is 10.9. The highest BCUT2D eigenvalue weighted by Crippen LogP contribution is 2.44. The van der Waals surface area contributed by atoms with Crippen molar-refractivity contribution >= 4 is 11.7 Å². The van der Waals surface area contributed by atoms with Crippen molar-refractivity contribution in [1.29, 1.82) is 0 Å². The Morgan fingerprint density at radius 1 is 0.963 bits per heavy atom. The van der Waals surface area contributed by atoms with Crippen molar-refractivity contribution in [2.24, 2.45) is 0 Å². The van der Waals surface area contributed by atoms with Gasteiger partial charge in [-0.15, -0.1) is 0 Å². The first-order valence-electron chi connectivity index (χ1n) is 8.39. The summed E-state index contributed by atoms with van der Waals surface area (Å²) in [4.78, 5) is 23.3. The summed E-state index contributed by atoms with van der Waals surface area (Å²) in [6.07, 6.45) is 0. The maximum atomic E-state index is 12.9. The lowest BCUT2D eigenvalue weighted by Crippen LogP contribution is -2.21. The van der Waals surface area contributed by atoms with E-state index in [0.717, 1.165) is 11.1 Å². The number of rotatable bonds is 4. The van der Waals surface area contributed by atoms with Gasteiger partial charge in [0.15, 0.2) is 0 Å². The number of nitro benzene ring substituents is 1. The van der Waals surface area contributed by atoms with Gasteiger partial charge in [0.2, 0.25) is 0 Å². The lowest BCUT2D eigenvalue weighted by atomic mass is 9.88. The molecule has 0 saturated heterocycles. The second-order valence-electron chi connectivity index (χ2n) is 6.15. The average molecular weight is 361 g/mol. The third kappa shape index (κ3) is 3.25. The summed E-state index contributed by atoms with van der Waals surface area (Å²) < 4.78 is 11.4. The molecule has 1 heterocycles. The molecule has 0 bridgehead atoms. The van der Waals surface area contributed by atoms with E-state index in [9.17, 15) is 14.9 Å². The highest BCUT2D eigenvalue weighted by molar-refractivity contribution is 5.85. The molecule has 0 aliphatic carbocycles. The smallest absolute Gasteiger partial charge is 0.318 e. The van der Waals surface area contributed by atoms with Gasteiger partial charge in [0.1, 0.15) is 24.0 Å². The van der Waals surface area contributed by atoms with Gasteiger partial charge in [0.05, 0.1) is 4.92 Å². The van der Waals surface area contributed by atoms with Gasteiger partial charge in [0, 0.05) is 23.3 Å². The third-order valence-corrected chi connectivity index (χ3v) is 4.42. The Labute approximate surface area is 155 Å². The van der Waals surface area contributed by atoms with Crippen molar-refractivity contribution in [2.45, 2.75) is 12.5 Å². The SMILES string of the molecule is O=C(OCc1cccc([N+](=O)[O-])c1)C1c2ccccc2Oc2ccccc21. The van der Waals surface area contributed by atoms with Crippen molar-refractivity contribution in [2.75, 3.05) is 0 Å². The van der Waals surface area contributed by atoms with E-state index in [1.165, 1.54) is 12.1 Å². The molecule has 1 aliphatic heterocycles. The number of benzene rings is 3. The maximum Gasteiger partial charge on any atom is 0.318 e. The molecule has 4 rings (SSSR count). The summed E-state index contributed by atoms with van der Waals surface area (Å²) >= 11 is 0. The minimum absolute atomic E-state index is 0.0368. The number of hydrogen-bond acceptors (Lipinski definition) is 5. The van der Waals surface area contributed by atoms with Crippen molar-refractivity contribution in [3.63, 3.8) is 0 Å².